The van der Waals surface area contributed by atoms with Crippen molar-refractivity contribution in [2.75, 3.05) is 36.0 Å². The number of nitrogens with one attached hydrogen (secondary N) is 2. The SMILES string of the molecule is Cc1cc2ncnc(N3CCN(c4cc(=O)n(C)c(=O)[nH]4)CC3)c2[nH]1. The number of aryl methyl sites for hydroxylation is 1. The van der Waals surface area contributed by atoms with Crippen molar-refractivity contribution in [2.24, 2.45) is 7.05 Å². The standard InChI is InChI=1S/C16H19N7O2/c1-10-7-11-14(19-10)15(18-9-17-11)23-5-3-22(4-6-23)12-8-13(24)21(2)16(25)20-12/h7-9,19H,3-6H2,1-2H3,(H,20,25). The van der Waals surface area contributed by atoms with Crippen LogP contribution in [0.4, 0.5) is 11.6 Å². The monoisotopic (exact) mass is 341 g/mol. The van der Waals surface area contributed by atoms with Crippen molar-refractivity contribution >= 4 is 22.7 Å². The lowest BCUT2D eigenvalue weighted by Crippen LogP contribution is -2.48. The van der Waals surface area contributed by atoms with Gasteiger partial charge in [0.2, 0.25) is 0 Å². The van der Waals surface area contributed by atoms with Gasteiger partial charge in [-0.05, 0) is 13.0 Å². The number of aromatic amines is 2. The van der Waals surface area contributed by atoms with E-state index in [1.165, 1.54) is 13.1 Å². The minimum Gasteiger partial charge on any atom is -0.354 e. The number of nitrogens with zero attached hydrogens (tertiary/aromatic N) is 5. The molecule has 25 heavy (non-hydrogen) atoms. The van der Waals surface area contributed by atoms with Crippen molar-refractivity contribution in [3.05, 3.63) is 45.0 Å². The minimum absolute atomic E-state index is 0.305. The molecule has 1 fully saturated rings. The first kappa shape index (κ1) is 15.4. The van der Waals surface area contributed by atoms with Crippen LogP contribution in [-0.4, -0.2) is 50.7 Å². The highest BCUT2D eigenvalue weighted by atomic mass is 16.2. The summed E-state index contributed by atoms with van der Waals surface area (Å²) in [5, 5.41) is 0. The molecule has 1 aliphatic rings. The molecule has 3 aromatic rings. The molecule has 9 heteroatoms. The smallest absolute Gasteiger partial charge is 0.329 e. The molecule has 9 nitrogen and oxygen atoms in total. The van der Waals surface area contributed by atoms with Gasteiger partial charge in [0.05, 0.1) is 5.52 Å². The van der Waals surface area contributed by atoms with Gasteiger partial charge in [-0.15, -0.1) is 0 Å². The Labute approximate surface area is 142 Å². The quantitative estimate of drug-likeness (QED) is 0.679. The Balaban J connectivity index is 1.57. The molecule has 0 amide bonds. The van der Waals surface area contributed by atoms with Gasteiger partial charge in [0, 0.05) is 45.0 Å². The number of fused-ring (bicyclic) bond motifs is 1. The van der Waals surface area contributed by atoms with Crippen molar-refractivity contribution in [3.8, 4) is 0 Å². The highest BCUT2D eigenvalue weighted by Crippen LogP contribution is 2.24. The zero-order chi connectivity index (χ0) is 17.6. The Kier molecular flexibility index (Phi) is 3.56. The van der Waals surface area contributed by atoms with E-state index in [0.717, 1.165) is 40.2 Å². The van der Waals surface area contributed by atoms with Crippen molar-refractivity contribution < 1.29 is 0 Å². The van der Waals surface area contributed by atoms with E-state index in [0.29, 0.717) is 18.9 Å². The van der Waals surface area contributed by atoms with E-state index < -0.39 is 5.69 Å². The number of H-pyrrole nitrogens is 2. The predicted octanol–water partition coefficient (Wildman–Crippen LogP) is -0.0201. The molecular weight excluding hydrogens is 322 g/mol. The maximum atomic E-state index is 11.8. The molecule has 0 saturated carbocycles. The fraction of sp³-hybridized carbons (Fsp3) is 0.375. The molecular formula is C16H19N7O2. The fourth-order valence-electron chi connectivity index (χ4n) is 3.17. The van der Waals surface area contributed by atoms with Crippen LogP contribution in [0.25, 0.3) is 11.0 Å². The molecule has 4 rings (SSSR count). The number of piperazine rings is 1. The molecule has 2 N–H and O–H groups in total. The zero-order valence-electron chi connectivity index (χ0n) is 14.1. The van der Waals surface area contributed by atoms with Gasteiger partial charge < -0.3 is 14.8 Å². The number of anilines is 2. The number of hydrogen-bond donors (Lipinski definition) is 2. The summed E-state index contributed by atoms with van der Waals surface area (Å²) >= 11 is 0. The molecule has 3 aromatic heterocycles. The van der Waals surface area contributed by atoms with Gasteiger partial charge >= 0.3 is 5.69 Å². The van der Waals surface area contributed by atoms with Gasteiger partial charge in [0.1, 0.15) is 17.7 Å². The molecule has 0 bridgehead atoms. The van der Waals surface area contributed by atoms with Crippen LogP contribution in [0.5, 0.6) is 0 Å². The Morgan fingerprint density at radius 2 is 1.72 bits per heavy atom. The molecule has 0 spiro atoms. The number of aromatic nitrogens is 5. The lowest BCUT2D eigenvalue weighted by atomic mass is 10.3. The molecule has 0 aliphatic carbocycles. The van der Waals surface area contributed by atoms with Crippen molar-refractivity contribution in [2.45, 2.75) is 6.92 Å². The van der Waals surface area contributed by atoms with Gasteiger partial charge in [-0.25, -0.2) is 14.8 Å². The van der Waals surface area contributed by atoms with Crippen molar-refractivity contribution in [3.63, 3.8) is 0 Å². The molecule has 130 valence electrons. The van der Waals surface area contributed by atoms with E-state index in [1.54, 1.807) is 6.33 Å². The van der Waals surface area contributed by atoms with Crippen LogP contribution >= 0.6 is 0 Å². The zero-order valence-corrected chi connectivity index (χ0v) is 14.1. The first-order chi connectivity index (χ1) is 12.0. The van der Waals surface area contributed by atoms with E-state index in [-0.39, 0.29) is 5.56 Å². The van der Waals surface area contributed by atoms with Gasteiger partial charge in [-0.2, -0.15) is 0 Å². The summed E-state index contributed by atoms with van der Waals surface area (Å²) in [7, 11) is 1.46. The summed E-state index contributed by atoms with van der Waals surface area (Å²) in [4.78, 5) is 42.6. The largest absolute Gasteiger partial charge is 0.354 e. The van der Waals surface area contributed by atoms with Gasteiger partial charge in [-0.3, -0.25) is 14.3 Å². The highest BCUT2D eigenvalue weighted by Gasteiger charge is 2.21. The van der Waals surface area contributed by atoms with E-state index in [2.05, 4.69) is 24.8 Å². The van der Waals surface area contributed by atoms with Gasteiger partial charge in [0.15, 0.2) is 5.82 Å². The van der Waals surface area contributed by atoms with E-state index in [1.807, 2.05) is 17.9 Å². The molecule has 1 aliphatic heterocycles. The summed E-state index contributed by atoms with van der Waals surface area (Å²) in [6.45, 7) is 4.85. The first-order valence-electron chi connectivity index (χ1n) is 8.13. The maximum absolute atomic E-state index is 11.8. The van der Waals surface area contributed by atoms with Crippen molar-refractivity contribution in [1.82, 2.24) is 24.5 Å². The molecule has 0 radical (unpaired) electrons. The number of rotatable bonds is 2. The molecule has 4 heterocycles. The second kappa shape index (κ2) is 5.76. The van der Waals surface area contributed by atoms with Crippen LogP contribution in [0.3, 0.4) is 0 Å². The normalized spacial score (nSPS) is 15.1. The van der Waals surface area contributed by atoms with Crippen LogP contribution < -0.4 is 21.0 Å². The van der Waals surface area contributed by atoms with Crippen LogP contribution in [0.15, 0.2) is 28.0 Å². The third kappa shape index (κ3) is 2.67. The summed E-state index contributed by atoms with van der Waals surface area (Å²) in [5.41, 5.74) is 2.19. The van der Waals surface area contributed by atoms with E-state index in [4.69, 9.17) is 0 Å². The van der Waals surface area contributed by atoms with Gasteiger partial charge in [-0.1, -0.05) is 0 Å². The number of hydrogen-bond acceptors (Lipinski definition) is 6. The molecule has 0 unspecified atom stereocenters. The second-order valence-electron chi connectivity index (χ2n) is 6.24. The highest BCUT2D eigenvalue weighted by molar-refractivity contribution is 5.86. The van der Waals surface area contributed by atoms with Crippen LogP contribution in [0.1, 0.15) is 5.69 Å². The minimum atomic E-state index is -0.399. The molecule has 1 saturated heterocycles. The van der Waals surface area contributed by atoms with Crippen LogP contribution in [0, 0.1) is 6.92 Å². The van der Waals surface area contributed by atoms with Crippen molar-refractivity contribution in [1.29, 1.82) is 0 Å². The average Bonchev–Trinajstić information content (AvgIpc) is 2.99. The second-order valence-corrected chi connectivity index (χ2v) is 6.24. The third-order valence-electron chi connectivity index (χ3n) is 4.58. The summed E-state index contributed by atoms with van der Waals surface area (Å²) < 4.78 is 1.06. The van der Waals surface area contributed by atoms with E-state index >= 15 is 0 Å². The third-order valence-corrected chi connectivity index (χ3v) is 4.58. The maximum Gasteiger partial charge on any atom is 0.329 e. The fourth-order valence-corrected chi connectivity index (χ4v) is 3.17. The predicted molar refractivity (Wildman–Crippen MR) is 95.4 cm³/mol. The van der Waals surface area contributed by atoms with E-state index in [9.17, 15) is 9.59 Å². The molecule has 0 aromatic carbocycles. The van der Waals surface area contributed by atoms with Crippen LogP contribution in [0.2, 0.25) is 0 Å². The lowest BCUT2D eigenvalue weighted by Gasteiger charge is -2.36. The summed E-state index contributed by atoms with van der Waals surface area (Å²) in [5.74, 6) is 1.45. The Bertz CT molecular complexity index is 1010. The Morgan fingerprint density at radius 1 is 1.00 bits per heavy atom. The Hall–Kier alpha value is -3.10. The molecule has 0 atom stereocenters. The first-order valence-corrected chi connectivity index (χ1v) is 8.13. The summed E-state index contributed by atoms with van der Waals surface area (Å²) in [6.07, 6.45) is 1.58. The van der Waals surface area contributed by atoms with Gasteiger partial charge in [0.25, 0.3) is 5.56 Å². The Morgan fingerprint density at radius 3 is 2.44 bits per heavy atom. The topological polar surface area (TPSA) is 103 Å². The van der Waals surface area contributed by atoms with Crippen LogP contribution in [-0.2, 0) is 7.05 Å². The summed E-state index contributed by atoms with van der Waals surface area (Å²) in [6, 6.07) is 3.47. The average molecular weight is 341 g/mol. The lowest BCUT2D eigenvalue weighted by molar-refractivity contribution is 0.636.